The second-order valence-electron chi connectivity index (χ2n) is 9.23. The van der Waals surface area contributed by atoms with Crippen LogP contribution in [0.25, 0.3) is 0 Å². The molecule has 1 amide bonds. The van der Waals surface area contributed by atoms with E-state index in [1.807, 2.05) is 48.5 Å². The number of aromatic amines is 1. The molecule has 3 N–H and O–H groups in total. The maximum atomic E-state index is 12.7. The van der Waals surface area contributed by atoms with Gasteiger partial charge in [-0.15, -0.1) is 0 Å². The predicted octanol–water partition coefficient (Wildman–Crippen LogP) is 3.65. The van der Waals surface area contributed by atoms with E-state index in [9.17, 15) is 4.79 Å². The lowest BCUT2D eigenvalue weighted by Gasteiger charge is -2.40. The van der Waals surface area contributed by atoms with Gasteiger partial charge in [0.2, 0.25) is 0 Å². The molecule has 34 heavy (non-hydrogen) atoms. The van der Waals surface area contributed by atoms with Gasteiger partial charge in [0.25, 0.3) is 5.91 Å². The van der Waals surface area contributed by atoms with E-state index in [4.69, 9.17) is 9.47 Å². The van der Waals surface area contributed by atoms with Gasteiger partial charge in [-0.25, -0.2) is 0 Å². The molecule has 1 saturated heterocycles. The van der Waals surface area contributed by atoms with Crippen molar-refractivity contribution in [2.75, 3.05) is 44.1 Å². The molecule has 3 aromatic rings. The van der Waals surface area contributed by atoms with E-state index in [1.54, 1.807) is 14.2 Å². The highest BCUT2D eigenvalue weighted by atomic mass is 16.5. The Labute approximate surface area is 200 Å². The van der Waals surface area contributed by atoms with E-state index in [0.29, 0.717) is 11.4 Å². The minimum atomic E-state index is -0.178. The zero-order valence-electron chi connectivity index (χ0n) is 20.3. The number of hydrogen-bond donors (Lipinski definition) is 3. The average molecular weight is 464 g/mol. The Morgan fingerprint density at radius 2 is 1.76 bits per heavy atom. The van der Waals surface area contributed by atoms with Gasteiger partial charge in [-0.2, -0.15) is 5.10 Å². The number of anilines is 2. The highest BCUT2D eigenvalue weighted by Gasteiger charge is 2.25. The topological polar surface area (TPSA) is 91.5 Å². The third-order valence-corrected chi connectivity index (χ3v) is 6.03. The van der Waals surface area contributed by atoms with Gasteiger partial charge in [0, 0.05) is 54.3 Å². The molecule has 0 unspecified atom stereocenters. The number of methoxy groups -OCH3 is 2. The number of nitrogens with one attached hydrogen (secondary N) is 3. The van der Waals surface area contributed by atoms with Crippen molar-refractivity contribution in [1.82, 2.24) is 15.5 Å². The normalized spacial score (nSPS) is 15.1. The number of aryl methyl sites for hydroxylation is 2. The largest absolute Gasteiger partial charge is 0.497 e. The maximum Gasteiger partial charge on any atom is 0.256 e. The molecule has 0 bridgehead atoms. The smallest absolute Gasteiger partial charge is 0.256 e. The lowest BCUT2D eigenvalue weighted by Crippen LogP contribution is -2.57. The van der Waals surface area contributed by atoms with Gasteiger partial charge in [0.15, 0.2) is 5.82 Å². The number of ether oxygens (including phenoxy) is 2. The van der Waals surface area contributed by atoms with E-state index < -0.39 is 0 Å². The summed E-state index contributed by atoms with van der Waals surface area (Å²) in [5, 5.41) is 13.7. The number of rotatable bonds is 8. The Bertz CT molecular complexity index is 1100. The van der Waals surface area contributed by atoms with Crippen LogP contribution in [-0.4, -0.2) is 55.5 Å². The van der Waals surface area contributed by atoms with Crippen molar-refractivity contribution in [3.63, 3.8) is 0 Å². The number of hydrogen-bond acceptors (Lipinski definition) is 6. The van der Waals surface area contributed by atoms with Gasteiger partial charge in [-0.3, -0.25) is 9.89 Å². The van der Waals surface area contributed by atoms with Crippen LogP contribution in [-0.2, 0) is 12.8 Å². The summed E-state index contributed by atoms with van der Waals surface area (Å²) in [6.45, 7) is 7.23. The molecule has 1 fully saturated rings. The van der Waals surface area contributed by atoms with Crippen LogP contribution in [0.2, 0.25) is 0 Å². The molecule has 0 radical (unpaired) electrons. The van der Waals surface area contributed by atoms with Crippen LogP contribution in [0.15, 0.2) is 48.5 Å². The summed E-state index contributed by atoms with van der Waals surface area (Å²) >= 11 is 0. The van der Waals surface area contributed by atoms with Gasteiger partial charge in [-0.05, 0) is 68.7 Å². The molecule has 1 aromatic heterocycles. The van der Waals surface area contributed by atoms with E-state index in [0.717, 1.165) is 60.9 Å². The highest BCUT2D eigenvalue weighted by molar-refractivity contribution is 6.03. The molecule has 1 aliphatic heterocycles. The maximum absolute atomic E-state index is 12.7. The Balaban J connectivity index is 1.33. The molecule has 0 spiro atoms. The Morgan fingerprint density at radius 3 is 2.41 bits per heavy atom. The molecule has 8 nitrogen and oxygen atoms in total. The van der Waals surface area contributed by atoms with Gasteiger partial charge in [-0.1, -0.05) is 0 Å². The van der Waals surface area contributed by atoms with Crippen LogP contribution in [0.1, 0.15) is 35.5 Å². The number of H-pyrrole nitrogens is 1. The summed E-state index contributed by atoms with van der Waals surface area (Å²) in [4.78, 5) is 15.1. The van der Waals surface area contributed by atoms with Crippen molar-refractivity contribution in [3.8, 4) is 11.5 Å². The summed E-state index contributed by atoms with van der Waals surface area (Å²) in [5.74, 6) is 1.86. The predicted molar refractivity (Wildman–Crippen MR) is 134 cm³/mol. The first-order valence-electron chi connectivity index (χ1n) is 11.5. The fourth-order valence-electron chi connectivity index (χ4n) is 4.22. The molecule has 0 aliphatic carbocycles. The van der Waals surface area contributed by atoms with Crippen LogP contribution in [0.3, 0.4) is 0 Å². The molecule has 0 saturated carbocycles. The zero-order chi connectivity index (χ0) is 24.1. The number of carbonyl (C=O) groups excluding carboxylic acids is 1. The van der Waals surface area contributed by atoms with Crippen molar-refractivity contribution in [1.29, 1.82) is 0 Å². The van der Waals surface area contributed by atoms with Gasteiger partial charge in [0.05, 0.1) is 14.2 Å². The molecular formula is C26H33N5O3. The van der Waals surface area contributed by atoms with E-state index in [-0.39, 0.29) is 11.4 Å². The summed E-state index contributed by atoms with van der Waals surface area (Å²) in [6.07, 6.45) is 1.53. The van der Waals surface area contributed by atoms with Crippen LogP contribution in [0.5, 0.6) is 11.5 Å². The van der Waals surface area contributed by atoms with Crippen molar-refractivity contribution in [2.24, 2.45) is 0 Å². The zero-order valence-corrected chi connectivity index (χ0v) is 20.3. The quantitative estimate of drug-likeness (QED) is 0.472. The van der Waals surface area contributed by atoms with Crippen molar-refractivity contribution >= 4 is 17.4 Å². The van der Waals surface area contributed by atoms with Crippen LogP contribution < -0.4 is 25.0 Å². The van der Waals surface area contributed by atoms with Crippen LogP contribution in [0, 0.1) is 0 Å². The fourth-order valence-corrected chi connectivity index (χ4v) is 4.22. The number of aromatic nitrogens is 2. The lowest BCUT2D eigenvalue weighted by molar-refractivity contribution is 0.102. The molecule has 4 rings (SSSR count). The molecule has 2 aromatic carbocycles. The van der Waals surface area contributed by atoms with E-state index in [1.165, 1.54) is 0 Å². The second kappa shape index (κ2) is 10.2. The minimum absolute atomic E-state index is 0.0740. The van der Waals surface area contributed by atoms with Crippen molar-refractivity contribution < 1.29 is 14.3 Å². The number of amides is 1. The Morgan fingerprint density at radius 1 is 1.06 bits per heavy atom. The minimum Gasteiger partial charge on any atom is -0.497 e. The summed E-state index contributed by atoms with van der Waals surface area (Å²) in [6, 6.07) is 15.5. The molecular weight excluding hydrogens is 430 g/mol. The fraction of sp³-hybridized carbons (Fsp3) is 0.385. The van der Waals surface area contributed by atoms with Crippen molar-refractivity contribution in [3.05, 3.63) is 65.4 Å². The van der Waals surface area contributed by atoms with E-state index >= 15 is 0 Å². The van der Waals surface area contributed by atoms with Crippen LogP contribution >= 0.6 is 0 Å². The highest BCUT2D eigenvalue weighted by Crippen LogP contribution is 2.24. The SMILES string of the molecule is COc1cc(CCc2cc(NC(=O)c3ccc(N4CCNC(C)(C)C4)cc3)n[nH]2)cc(OC)c1. The molecule has 8 heteroatoms. The van der Waals surface area contributed by atoms with Gasteiger partial charge < -0.3 is 25.0 Å². The Hall–Kier alpha value is -3.52. The standard InChI is InChI=1S/C26H33N5O3/c1-26(2)17-31(12-11-27-26)21-9-6-19(7-10-21)25(32)28-24-15-20(29-30-24)8-5-18-13-22(33-3)16-23(14-18)34-4/h6-7,9-10,13-16,27H,5,8,11-12,17H2,1-4H3,(H2,28,29,30,32). The first-order chi connectivity index (χ1) is 16.3. The number of carbonyl (C=O) groups is 1. The third-order valence-electron chi connectivity index (χ3n) is 6.03. The van der Waals surface area contributed by atoms with Crippen LogP contribution in [0.4, 0.5) is 11.5 Å². The van der Waals surface area contributed by atoms with Gasteiger partial charge >= 0.3 is 0 Å². The number of benzene rings is 2. The molecule has 1 aliphatic rings. The Kier molecular flexibility index (Phi) is 7.07. The second-order valence-corrected chi connectivity index (χ2v) is 9.23. The molecule has 2 heterocycles. The third kappa shape index (κ3) is 5.88. The summed E-state index contributed by atoms with van der Waals surface area (Å²) in [7, 11) is 3.28. The van der Waals surface area contributed by atoms with E-state index in [2.05, 4.69) is 39.6 Å². The summed E-state index contributed by atoms with van der Waals surface area (Å²) in [5.41, 5.74) is 3.84. The number of piperazine rings is 1. The van der Waals surface area contributed by atoms with Crippen molar-refractivity contribution in [2.45, 2.75) is 32.2 Å². The molecule has 0 atom stereocenters. The first kappa shape index (κ1) is 23.6. The summed E-state index contributed by atoms with van der Waals surface area (Å²) < 4.78 is 10.7. The molecule has 180 valence electrons. The number of nitrogens with zero attached hydrogens (tertiary/aromatic N) is 2. The lowest BCUT2D eigenvalue weighted by atomic mass is 10.0. The monoisotopic (exact) mass is 463 g/mol. The average Bonchev–Trinajstić information content (AvgIpc) is 3.29. The van der Waals surface area contributed by atoms with Gasteiger partial charge in [0.1, 0.15) is 11.5 Å². The first-order valence-corrected chi connectivity index (χ1v) is 11.5.